The lowest BCUT2D eigenvalue weighted by Gasteiger charge is -2.19. The first-order valence-electron chi connectivity index (χ1n) is 8.07. The molecule has 0 spiro atoms. The molecular weight excluding hydrogens is 318 g/mol. The molecule has 1 aromatic heterocycles. The Morgan fingerprint density at radius 3 is 2.52 bits per heavy atom. The van der Waals surface area contributed by atoms with Crippen molar-refractivity contribution in [3.05, 3.63) is 65.9 Å². The molecule has 0 saturated carbocycles. The number of furan rings is 1. The van der Waals surface area contributed by atoms with Crippen LogP contribution in [0.2, 0.25) is 0 Å². The molecule has 0 saturated heterocycles. The van der Waals surface area contributed by atoms with Crippen LogP contribution < -0.4 is 14.8 Å². The van der Waals surface area contributed by atoms with Gasteiger partial charge in [0.1, 0.15) is 24.7 Å². The van der Waals surface area contributed by atoms with Crippen molar-refractivity contribution < 1.29 is 18.7 Å². The lowest BCUT2D eigenvalue weighted by atomic mass is 10.1. The first-order valence-corrected chi connectivity index (χ1v) is 8.07. The van der Waals surface area contributed by atoms with Gasteiger partial charge in [-0.05, 0) is 25.1 Å². The molecule has 5 heteroatoms. The summed E-state index contributed by atoms with van der Waals surface area (Å²) in [6.45, 7) is 2.87. The number of hydrogen-bond donors (Lipinski definition) is 1. The summed E-state index contributed by atoms with van der Waals surface area (Å²) in [5.41, 5.74) is 2.01. The molecule has 25 heavy (non-hydrogen) atoms. The van der Waals surface area contributed by atoms with Crippen molar-refractivity contribution in [3.8, 4) is 22.8 Å². The van der Waals surface area contributed by atoms with Gasteiger partial charge in [0.05, 0.1) is 5.56 Å². The first kappa shape index (κ1) is 15.3. The summed E-state index contributed by atoms with van der Waals surface area (Å²) < 4.78 is 16.8. The molecule has 1 amide bonds. The Morgan fingerprint density at radius 1 is 0.960 bits per heavy atom. The maximum Gasteiger partial charge on any atom is 0.259 e. The standard InChI is InChI=1S/C20H17NO4/c1-13-11-16(19(25-13)14-5-3-2-4-6-14)20(22)21-15-7-8-17-18(12-15)24-10-9-23-17/h2-8,11-12H,9-10H2,1H3,(H,21,22). The summed E-state index contributed by atoms with van der Waals surface area (Å²) in [5.74, 6) is 2.34. The highest BCUT2D eigenvalue weighted by Gasteiger charge is 2.19. The Kier molecular flexibility index (Phi) is 3.90. The van der Waals surface area contributed by atoms with E-state index in [9.17, 15) is 4.79 Å². The Labute approximate surface area is 145 Å². The molecule has 0 radical (unpaired) electrons. The minimum absolute atomic E-state index is 0.229. The summed E-state index contributed by atoms with van der Waals surface area (Å²) in [4.78, 5) is 12.7. The minimum Gasteiger partial charge on any atom is -0.486 e. The van der Waals surface area contributed by atoms with Gasteiger partial charge in [-0.2, -0.15) is 0 Å². The maximum atomic E-state index is 12.7. The van der Waals surface area contributed by atoms with E-state index < -0.39 is 0 Å². The SMILES string of the molecule is Cc1cc(C(=O)Nc2ccc3c(c2)OCCO3)c(-c2ccccc2)o1. The summed E-state index contributed by atoms with van der Waals surface area (Å²) in [6.07, 6.45) is 0. The summed E-state index contributed by atoms with van der Waals surface area (Å²) in [6, 6.07) is 16.7. The van der Waals surface area contributed by atoms with E-state index in [1.807, 2.05) is 37.3 Å². The Hall–Kier alpha value is -3.21. The second kappa shape index (κ2) is 6.36. The van der Waals surface area contributed by atoms with E-state index >= 15 is 0 Å². The maximum absolute atomic E-state index is 12.7. The number of hydrogen-bond acceptors (Lipinski definition) is 4. The fourth-order valence-electron chi connectivity index (χ4n) is 2.81. The molecule has 2 aromatic carbocycles. The second-order valence-corrected chi connectivity index (χ2v) is 5.78. The minimum atomic E-state index is -0.229. The number of amides is 1. The molecule has 1 N–H and O–H groups in total. The topological polar surface area (TPSA) is 60.7 Å². The number of benzene rings is 2. The highest BCUT2D eigenvalue weighted by Crippen LogP contribution is 2.33. The Bertz CT molecular complexity index is 915. The van der Waals surface area contributed by atoms with Gasteiger partial charge in [0, 0.05) is 17.3 Å². The van der Waals surface area contributed by atoms with Crippen LogP contribution in [0, 0.1) is 6.92 Å². The van der Waals surface area contributed by atoms with Crippen molar-refractivity contribution in [2.24, 2.45) is 0 Å². The zero-order valence-corrected chi connectivity index (χ0v) is 13.7. The lowest BCUT2D eigenvalue weighted by molar-refractivity contribution is 0.102. The van der Waals surface area contributed by atoms with Gasteiger partial charge in [-0.1, -0.05) is 30.3 Å². The summed E-state index contributed by atoms with van der Waals surface area (Å²) >= 11 is 0. The second-order valence-electron chi connectivity index (χ2n) is 5.78. The highest BCUT2D eigenvalue weighted by atomic mass is 16.6. The molecule has 2 heterocycles. The van der Waals surface area contributed by atoms with Gasteiger partial charge in [-0.25, -0.2) is 0 Å². The number of carbonyl (C=O) groups is 1. The number of ether oxygens (including phenoxy) is 2. The molecular formula is C20H17NO4. The molecule has 0 atom stereocenters. The molecule has 0 unspecified atom stereocenters. The molecule has 0 bridgehead atoms. The first-order chi connectivity index (χ1) is 12.2. The fraction of sp³-hybridized carbons (Fsp3) is 0.150. The monoisotopic (exact) mass is 335 g/mol. The van der Waals surface area contributed by atoms with Gasteiger partial charge in [-0.3, -0.25) is 4.79 Å². The normalized spacial score (nSPS) is 12.7. The Balaban J connectivity index is 1.62. The van der Waals surface area contributed by atoms with Crippen LogP contribution in [0.5, 0.6) is 11.5 Å². The molecule has 3 aromatic rings. The van der Waals surface area contributed by atoms with E-state index in [-0.39, 0.29) is 5.91 Å². The van der Waals surface area contributed by atoms with Gasteiger partial charge in [-0.15, -0.1) is 0 Å². The summed E-state index contributed by atoms with van der Waals surface area (Å²) in [5, 5.41) is 2.90. The van der Waals surface area contributed by atoms with E-state index in [1.165, 1.54) is 0 Å². The van der Waals surface area contributed by atoms with Crippen LogP contribution >= 0.6 is 0 Å². The number of fused-ring (bicyclic) bond motifs is 1. The summed E-state index contributed by atoms with van der Waals surface area (Å²) in [7, 11) is 0. The van der Waals surface area contributed by atoms with E-state index in [0.29, 0.717) is 47.5 Å². The average Bonchev–Trinajstić information content (AvgIpc) is 3.04. The van der Waals surface area contributed by atoms with Crippen LogP contribution in [-0.4, -0.2) is 19.1 Å². The molecule has 5 nitrogen and oxygen atoms in total. The fourth-order valence-corrected chi connectivity index (χ4v) is 2.81. The Morgan fingerprint density at radius 2 is 1.72 bits per heavy atom. The number of aryl methyl sites for hydroxylation is 1. The number of carbonyl (C=O) groups excluding carboxylic acids is 1. The zero-order valence-electron chi connectivity index (χ0n) is 13.7. The quantitative estimate of drug-likeness (QED) is 0.776. The van der Waals surface area contributed by atoms with Crippen molar-refractivity contribution in [3.63, 3.8) is 0 Å². The van der Waals surface area contributed by atoms with Crippen molar-refractivity contribution >= 4 is 11.6 Å². The van der Waals surface area contributed by atoms with Gasteiger partial charge < -0.3 is 19.2 Å². The van der Waals surface area contributed by atoms with E-state index in [1.54, 1.807) is 24.3 Å². The van der Waals surface area contributed by atoms with Crippen LogP contribution in [-0.2, 0) is 0 Å². The van der Waals surface area contributed by atoms with Crippen molar-refractivity contribution in [1.29, 1.82) is 0 Å². The van der Waals surface area contributed by atoms with Gasteiger partial charge in [0.25, 0.3) is 5.91 Å². The van der Waals surface area contributed by atoms with Gasteiger partial charge in [0.2, 0.25) is 0 Å². The van der Waals surface area contributed by atoms with Crippen LogP contribution in [0.25, 0.3) is 11.3 Å². The van der Waals surface area contributed by atoms with Crippen LogP contribution in [0.1, 0.15) is 16.1 Å². The number of nitrogens with one attached hydrogen (secondary N) is 1. The van der Waals surface area contributed by atoms with Gasteiger partial charge in [0.15, 0.2) is 11.5 Å². The van der Waals surface area contributed by atoms with Gasteiger partial charge >= 0.3 is 0 Å². The largest absolute Gasteiger partial charge is 0.486 e. The third-order valence-corrected chi connectivity index (χ3v) is 3.94. The van der Waals surface area contributed by atoms with E-state index in [4.69, 9.17) is 13.9 Å². The molecule has 0 aliphatic carbocycles. The van der Waals surface area contributed by atoms with E-state index in [2.05, 4.69) is 5.32 Å². The molecule has 4 rings (SSSR count). The van der Waals surface area contributed by atoms with Crippen LogP contribution in [0.15, 0.2) is 59.0 Å². The lowest BCUT2D eigenvalue weighted by Crippen LogP contribution is -2.16. The predicted molar refractivity (Wildman–Crippen MR) is 94.3 cm³/mol. The van der Waals surface area contributed by atoms with Crippen LogP contribution in [0.4, 0.5) is 5.69 Å². The number of rotatable bonds is 3. The average molecular weight is 335 g/mol. The van der Waals surface area contributed by atoms with Crippen molar-refractivity contribution in [2.45, 2.75) is 6.92 Å². The third kappa shape index (κ3) is 3.08. The van der Waals surface area contributed by atoms with E-state index in [0.717, 1.165) is 5.56 Å². The molecule has 1 aliphatic heterocycles. The smallest absolute Gasteiger partial charge is 0.259 e. The number of anilines is 1. The van der Waals surface area contributed by atoms with Crippen LogP contribution in [0.3, 0.4) is 0 Å². The molecule has 0 fully saturated rings. The zero-order chi connectivity index (χ0) is 17.2. The highest BCUT2D eigenvalue weighted by molar-refractivity contribution is 6.08. The predicted octanol–water partition coefficient (Wildman–Crippen LogP) is 4.28. The molecule has 126 valence electrons. The molecule has 1 aliphatic rings. The van der Waals surface area contributed by atoms with Crippen molar-refractivity contribution in [2.75, 3.05) is 18.5 Å². The van der Waals surface area contributed by atoms with Crippen molar-refractivity contribution in [1.82, 2.24) is 0 Å². The third-order valence-electron chi connectivity index (χ3n) is 3.94.